The van der Waals surface area contributed by atoms with Gasteiger partial charge in [-0.2, -0.15) is 0 Å². The van der Waals surface area contributed by atoms with E-state index in [1.807, 2.05) is 12.3 Å². The van der Waals surface area contributed by atoms with Crippen molar-refractivity contribution in [2.24, 2.45) is 0 Å². The Kier molecular flexibility index (Phi) is 2.28. The summed E-state index contributed by atoms with van der Waals surface area (Å²) in [6.07, 6.45) is 6.27. The number of rotatable bonds is 2. The summed E-state index contributed by atoms with van der Waals surface area (Å²) in [6.45, 7) is 0. The van der Waals surface area contributed by atoms with E-state index in [1.165, 1.54) is 15.4 Å². The molecular formula is C15H11NOS. The predicted octanol–water partition coefficient (Wildman–Crippen LogP) is 3.92. The first kappa shape index (κ1) is 10.4. The van der Waals surface area contributed by atoms with Crippen LogP contribution < -0.4 is 0 Å². The van der Waals surface area contributed by atoms with E-state index in [2.05, 4.69) is 47.5 Å². The van der Waals surface area contributed by atoms with Gasteiger partial charge in [-0.15, -0.1) is 0 Å². The molecule has 2 aliphatic rings. The smallest absolute Gasteiger partial charge is 0.119 e. The Morgan fingerprint density at radius 1 is 1.00 bits per heavy atom. The summed E-state index contributed by atoms with van der Waals surface area (Å²) in [5.41, 5.74) is 2.34. The van der Waals surface area contributed by atoms with E-state index < -0.39 is 0 Å². The number of fused-ring (bicyclic) bond motifs is 5. The maximum Gasteiger partial charge on any atom is 0.119 e. The van der Waals surface area contributed by atoms with Gasteiger partial charge < -0.3 is 4.74 Å². The maximum atomic E-state index is 5.83. The van der Waals surface area contributed by atoms with E-state index in [0.29, 0.717) is 0 Å². The normalized spacial score (nSPS) is 23.3. The number of benzene rings is 1. The summed E-state index contributed by atoms with van der Waals surface area (Å²) in [5.74, 6) is 0. The van der Waals surface area contributed by atoms with Crippen molar-refractivity contribution in [3.05, 3.63) is 66.0 Å². The van der Waals surface area contributed by atoms with Crippen molar-refractivity contribution in [2.75, 3.05) is 0 Å². The molecule has 2 nitrogen and oxygen atoms in total. The Morgan fingerprint density at radius 2 is 1.83 bits per heavy atom. The fourth-order valence-electron chi connectivity index (χ4n) is 2.46. The first-order valence-corrected chi connectivity index (χ1v) is 6.79. The van der Waals surface area contributed by atoms with Gasteiger partial charge in [-0.3, -0.25) is 4.98 Å². The van der Waals surface area contributed by atoms with E-state index in [4.69, 9.17) is 4.74 Å². The molecule has 0 N–H and O–H groups in total. The van der Waals surface area contributed by atoms with Gasteiger partial charge in [0.15, 0.2) is 0 Å². The quantitative estimate of drug-likeness (QED) is 0.757. The largest absolute Gasteiger partial charge is 0.356 e. The molecule has 3 heteroatoms. The summed E-state index contributed by atoms with van der Waals surface area (Å²) in [6, 6.07) is 12.5. The van der Waals surface area contributed by atoms with Crippen LogP contribution in [-0.4, -0.2) is 4.98 Å². The maximum absolute atomic E-state index is 5.83. The molecule has 2 aromatic rings. The average Bonchev–Trinajstić information content (AvgIpc) is 3.02. The zero-order valence-corrected chi connectivity index (χ0v) is 10.4. The summed E-state index contributed by atoms with van der Waals surface area (Å²) < 4.78 is 5.83. The van der Waals surface area contributed by atoms with Crippen LogP contribution in [0.3, 0.4) is 0 Å². The number of ether oxygens (including phenoxy) is 1. The highest BCUT2D eigenvalue weighted by molar-refractivity contribution is 7.99. The Bertz CT molecular complexity index is 624. The Morgan fingerprint density at radius 3 is 2.72 bits per heavy atom. The summed E-state index contributed by atoms with van der Waals surface area (Å²) in [5, 5.41) is 0. The molecule has 2 bridgehead atoms. The zero-order valence-electron chi connectivity index (χ0n) is 9.61. The lowest BCUT2D eigenvalue weighted by molar-refractivity contribution is 0.0858. The topological polar surface area (TPSA) is 22.1 Å². The summed E-state index contributed by atoms with van der Waals surface area (Å²) >= 11 is 1.78. The van der Waals surface area contributed by atoms with Crippen LogP contribution in [0.1, 0.15) is 23.5 Å². The molecule has 88 valence electrons. The van der Waals surface area contributed by atoms with Crippen LogP contribution in [-0.2, 0) is 4.74 Å². The SMILES string of the molecule is C1=C[C@H]2O[C@@H]1c1c(Sc3ccccc3)ccnc12. The predicted molar refractivity (Wildman–Crippen MR) is 70.5 cm³/mol. The fourth-order valence-corrected chi connectivity index (χ4v) is 3.47. The molecule has 0 spiro atoms. The van der Waals surface area contributed by atoms with Gasteiger partial charge in [-0.25, -0.2) is 0 Å². The van der Waals surface area contributed by atoms with Crippen LogP contribution in [0.4, 0.5) is 0 Å². The molecule has 0 saturated heterocycles. The molecule has 18 heavy (non-hydrogen) atoms. The van der Waals surface area contributed by atoms with E-state index in [-0.39, 0.29) is 12.2 Å². The third kappa shape index (κ3) is 1.51. The number of pyridine rings is 1. The van der Waals surface area contributed by atoms with Gasteiger partial charge in [0, 0.05) is 21.6 Å². The van der Waals surface area contributed by atoms with E-state index in [0.717, 1.165) is 5.69 Å². The molecule has 3 heterocycles. The Hall–Kier alpha value is -1.58. The van der Waals surface area contributed by atoms with Crippen LogP contribution in [0.2, 0.25) is 0 Å². The lowest BCUT2D eigenvalue weighted by Crippen LogP contribution is -1.98. The monoisotopic (exact) mass is 253 g/mol. The van der Waals surface area contributed by atoms with Gasteiger partial charge in [0.2, 0.25) is 0 Å². The van der Waals surface area contributed by atoms with Crippen LogP contribution in [0.5, 0.6) is 0 Å². The van der Waals surface area contributed by atoms with Crippen LogP contribution >= 0.6 is 11.8 Å². The van der Waals surface area contributed by atoms with Crippen LogP contribution in [0, 0.1) is 0 Å². The summed E-state index contributed by atoms with van der Waals surface area (Å²) in [4.78, 5) is 6.96. The molecule has 1 aromatic carbocycles. The van der Waals surface area contributed by atoms with Crippen LogP contribution in [0.15, 0.2) is 64.5 Å². The first-order valence-electron chi connectivity index (χ1n) is 5.97. The molecule has 0 fully saturated rings. The van der Waals surface area contributed by atoms with Crippen molar-refractivity contribution in [1.29, 1.82) is 0 Å². The van der Waals surface area contributed by atoms with Crippen molar-refractivity contribution in [3.8, 4) is 0 Å². The average molecular weight is 253 g/mol. The minimum atomic E-state index is 0.0707. The molecule has 2 aliphatic heterocycles. The minimum Gasteiger partial charge on any atom is -0.356 e. The van der Waals surface area contributed by atoms with Gasteiger partial charge in [0.25, 0.3) is 0 Å². The van der Waals surface area contributed by atoms with Gasteiger partial charge >= 0.3 is 0 Å². The third-order valence-corrected chi connectivity index (χ3v) is 4.34. The van der Waals surface area contributed by atoms with Gasteiger partial charge in [-0.05, 0) is 18.2 Å². The Labute approximate surface area is 110 Å². The number of aromatic nitrogens is 1. The highest BCUT2D eigenvalue weighted by Crippen LogP contribution is 2.49. The molecule has 0 amide bonds. The second kappa shape index (κ2) is 3.97. The highest BCUT2D eigenvalue weighted by Gasteiger charge is 2.36. The lowest BCUT2D eigenvalue weighted by atomic mass is 10.0. The number of hydrogen-bond donors (Lipinski definition) is 0. The van der Waals surface area contributed by atoms with Crippen LogP contribution in [0.25, 0.3) is 0 Å². The molecular weight excluding hydrogens is 242 g/mol. The Balaban J connectivity index is 1.76. The van der Waals surface area contributed by atoms with E-state index in [1.54, 1.807) is 11.8 Å². The van der Waals surface area contributed by atoms with Crippen molar-refractivity contribution in [1.82, 2.24) is 4.98 Å². The van der Waals surface area contributed by atoms with Crippen molar-refractivity contribution < 1.29 is 4.74 Å². The van der Waals surface area contributed by atoms with E-state index in [9.17, 15) is 0 Å². The lowest BCUT2D eigenvalue weighted by Gasteiger charge is -2.11. The molecule has 0 saturated carbocycles. The molecule has 0 unspecified atom stereocenters. The number of hydrogen-bond acceptors (Lipinski definition) is 3. The zero-order chi connectivity index (χ0) is 11.9. The van der Waals surface area contributed by atoms with Crippen molar-refractivity contribution in [2.45, 2.75) is 22.0 Å². The molecule has 2 atom stereocenters. The minimum absolute atomic E-state index is 0.0707. The van der Waals surface area contributed by atoms with Gasteiger partial charge in [0.05, 0.1) is 5.69 Å². The van der Waals surface area contributed by atoms with Gasteiger partial charge in [0.1, 0.15) is 12.2 Å². The fraction of sp³-hybridized carbons (Fsp3) is 0.133. The van der Waals surface area contributed by atoms with E-state index >= 15 is 0 Å². The second-order valence-electron chi connectivity index (χ2n) is 4.39. The molecule has 4 rings (SSSR count). The van der Waals surface area contributed by atoms with Crippen molar-refractivity contribution >= 4 is 11.8 Å². The highest BCUT2D eigenvalue weighted by atomic mass is 32.2. The molecule has 0 radical (unpaired) electrons. The third-order valence-electron chi connectivity index (χ3n) is 3.26. The van der Waals surface area contributed by atoms with Crippen molar-refractivity contribution in [3.63, 3.8) is 0 Å². The molecule has 1 aromatic heterocycles. The molecule has 0 aliphatic carbocycles. The first-order chi connectivity index (χ1) is 8.92. The standard InChI is InChI=1S/C15H11NOS/c1-2-4-10(5-3-1)18-13-8-9-16-15-12-7-6-11(17-12)14(13)15/h1-9,11-12H/t11-,12+/m0/s1. The summed E-state index contributed by atoms with van der Waals surface area (Å²) in [7, 11) is 0. The second-order valence-corrected chi connectivity index (χ2v) is 5.50. The number of nitrogens with zero attached hydrogens (tertiary/aromatic N) is 1. The van der Waals surface area contributed by atoms with Gasteiger partial charge in [-0.1, -0.05) is 42.1 Å².